The molecule has 0 bridgehead atoms. The van der Waals surface area contributed by atoms with E-state index in [1.54, 1.807) is 6.07 Å². The van der Waals surface area contributed by atoms with Crippen LogP contribution in [0.4, 0.5) is 0 Å². The van der Waals surface area contributed by atoms with Crippen LogP contribution in [0.5, 0.6) is 0 Å². The highest BCUT2D eigenvalue weighted by atomic mass is 16.4. The van der Waals surface area contributed by atoms with Gasteiger partial charge in [-0.1, -0.05) is 12.1 Å². The van der Waals surface area contributed by atoms with Crippen LogP contribution in [0.15, 0.2) is 32.2 Å². The molecule has 1 heterocycles. The van der Waals surface area contributed by atoms with E-state index in [4.69, 9.17) is 5.73 Å². The molecule has 0 amide bonds. The Kier molecular flexibility index (Phi) is 3.79. The van der Waals surface area contributed by atoms with Gasteiger partial charge in [-0.3, -0.25) is 4.98 Å². The van der Waals surface area contributed by atoms with Crippen LogP contribution in [0.25, 0.3) is 10.9 Å². The van der Waals surface area contributed by atoms with Gasteiger partial charge in [-0.05, 0) is 24.6 Å². The van der Waals surface area contributed by atoms with Crippen molar-refractivity contribution < 1.29 is 14.6 Å². The molecule has 19 heavy (non-hydrogen) atoms. The summed E-state index contributed by atoms with van der Waals surface area (Å²) in [4.78, 5) is 25.1. The van der Waals surface area contributed by atoms with Gasteiger partial charge in [0.1, 0.15) is 6.10 Å². The lowest BCUT2D eigenvalue weighted by molar-refractivity contribution is 0.0158. The number of nitrogens with two attached hydrogens (primary N) is 1. The molecular formula is C12H14N2O5. The molecule has 0 aliphatic carbocycles. The second-order valence-corrected chi connectivity index (χ2v) is 4.16. The summed E-state index contributed by atoms with van der Waals surface area (Å²) in [5.74, 6) is -0.869. The molecule has 2 aromatic rings. The Labute approximate surface area is 107 Å². The molecule has 7 heteroatoms. The minimum absolute atomic E-state index is 0.0469. The van der Waals surface area contributed by atoms with E-state index in [2.05, 4.69) is 9.40 Å². The average molecular weight is 266 g/mol. The molecule has 2 rings (SSSR count). The Balaban J connectivity index is 2.61. The first-order valence-corrected chi connectivity index (χ1v) is 5.77. The fraction of sp³-hybridized carbons (Fsp3) is 0.333. The predicted octanol–water partition coefficient (Wildman–Crippen LogP) is -0.776. The lowest BCUT2D eigenvalue weighted by Crippen LogP contribution is -2.24. The van der Waals surface area contributed by atoms with Crippen molar-refractivity contribution in [2.45, 2.75) is 18.6 Å². The molecule has 2 unspecified atom stereocenters. The highest BCUT2D eigenvalue weighted by molar-refractivity contribution is 5.81. The van der Waals surface area contributed by atoms with E-state index in [0.29, 0.717) is 0 Å². The zero-order chi connectivity index (χ0) is 14.0. The van der Waals surface area contributed by atoms with Gasteiger partial charge in [-0.2, -0.15) is 0 Å². The normalized spacial score (nSPS) is 14.5. The van der Waals surface area contributed by atoms with Gasteiger partial charge in [0.05, 0.1) is 17.0 Å². The quantitative estimate of drug-likeness (QED) is 0.574. The molecule has 1 aromatic carbocycles. The van der Waals surface area contributed by atoms with Gasteiger partial charge in [0.15, 0.2) is 0 Å². The van der Waals surface area contributed by atoms with Crippen LogP contribution in [0.3, 0.4) is 0 Å². The number of aromatic nitrogens is 1. The van der Waals surface area contributed by atoms with E-state index < -0.39 is 23.6 Å². The van der Waals surface area contributed by atoms with Crippen molar-refractivity contribution in [3.8, 4) is 0 Å². The number of aliphatic hydroxyl groups is 2. The zero-order valence-electron chi connectivity index (χ0n) is 10.00. The molecule has 0 fully saturated rings. The van der Waals surface area contributed by atoms with Gasteiger partial charge < -0.3 is 20.4 Å². The fourth-order valence-corrected chi connectivity index (χ4v) is 1.96. The molecule has 5 N–H and O–H groups in total. The molecule has 0 spiro atoms. The highest BCUT2D eigenvalue weighted by Gasteiger charge is 2.21. The van der Waals surface area contributed by atoms with Crippen molar-refractivity contribution in [3.05, 3.63) is 44.7 Å². The van der Waals surface area contributed by atoms with Gasteiger partial charge in [-0.15, -0.1) is 0 Å². The van der Waals surface area contributed by atoms with Gasteiger partial charge in [-0.25, -0.2) is 9.59 Å². The number of benzene rings is 1. The summed E-state index contributed by atoms with van der Waals surface area (Å²) < 4.78 is 4.44. The topological polar surface area (TPSA) is 130 Å². The van der Waals surface area contributed by atoms with Gasteiger partial charge >= 0.3 is 11.4 Å². The molecule has 0 aliphatic rings. The smallest absolute Gasteiger partial charge is 0.390 e. The maximum Gasteiger partial charge on any atom is 0.419 e. The van der Waals surface area contributed by atoms with E-state index in [-0.39, 0.29) is 29.4 Å². The highest BCUT2D eigenvalue weighted by Crippen LogP contribution is 2.23. The standard InChI is InChI=1S/C12H14N2O5/c13-5-4-8(15)10(16)6-2-1-3-7-9(6)11(17)19-12(18)14-7/h1-3,8,10,15-16H,4-5,13H2,(H,14,18). The number of fused-ring (bicyclic) bond motifs is 1. The van der Waals surface area contributed by atoms with Crippen molar-refractivity contribution in [2.75, 3.05) is 6.54 Å². The number of hydrogen-bond donors (Lipinski definition) is 4. The summed E-state index contributed by atoms with van der Waals surface area (Å²) in [6.45, 7) is 0.203. The van der Waals surface area contributed by atoms with Crippen LogP contribution >= 0.6 is 0 Å². The molecule has 7 nitrogen and oxygen atoms in total. The summed E-state index contributed by atoms with van der Waals surface area (Å²) in [6, 6.07) is 4.56. The van der Waals surface area contributed by atoms with E-state index in [9.17, 15) is 19.8 Å². The maximum atomic E-state index is 11.7. The number of rotatable bonds is 4. The third kappa shape index (κ3) is 2.58. The molecule has 0 aliphatic heterocycles. The molecule has 0 saturated carbocycles. The summed E-state index contributed by atoms with van der Waals surface area (Å²) >= 11 is 0. The van der Waals surface area contributed by atoms with Crippen LogP contribution in [0, 0.1) is 0 Å². The number of hydrogen-bond acceptors (Lipinski definition) is 6. The fourth-order valence-electron chi connectivity index (χ4n) is 1.96. The largest absolute Gasteiger partial charge is 0.419 e. The summed E-state index contributed by atoms with van der Waals surface area (Å²) in [5, 5.41) is 19.8. The van der Waals surface area contributed by atoms with Crippen molar-refractivity contribution in [1.82, 2.24) is 4.98 Å². The minimum Gasteiger partial charge on any atom is -0.390 e. The summed E-state index contributed by atoms with van der Waals surface area (Å²) in [5.41, 5.74) is 4.90. The number of nitrogens with one attached hydrogen (secondary N) is 1. The zero-order valence-corrected chi connectivity index (χ0v) is 10.00. The van der Waals surface area contributed by atoms with Crippen LogP contribution < -0.4 is 17.1 Å². The maximum absolute atomic E-state index is 11.7. The minimum atomic E-state index is -1.28. The monoisotopic (exact) mass is 266 g/mol. The lowest BCUT2D eigenvalue weighted by atomic mass is 9.99. The third-order valence-electron chi connectivity index (χ3n) is 2.87. The molecule has 2 atom stereocenters. The van der Waals surface area contributed by atoms with E-state index in [1.165, 1.54) is 12.1 Å². The Bertz CT molecular complexity index is 690. The van der Waals surface area contributed by atoms with E-state index in [1.807, 2.05) is 0 Å². The van der Waals surface area contributed by atoms with Crippen molar-refractivity contribution in [1.29, 1.82) is 0 Å². The average Bonchev–Trinajstić information content (AvgIpc) is 2.37. The third-order valence-corrected chi connectivity index (χ3v) is 2.87. The Morgan fingerprint density at radius 1 is 1.32 bits per heavy atom. The molecule has 1 aromatic heterocycles. The Hall–Kier alpha value is -1.96. The van der Waals surface area contributed by atoms with Gasteiger partial charge in [0.25, 0.3) is 0 Å². The predicted molar refractivity (Wildman–Crippen MR) is 67.7 cm³/mol. The Morgan fingerprint density at radius 3 is 2.74 bits per heavy atom. The molecule has 0 saturated heterocycles. The molecule has 0 radical (unpaired) electrons. The second kappa shape index (κ2) is 5.35. The van der Waals surface area contributed by atoms with Crippen LogP contribution in [-0.2, 0) is 0 Å². The lowest BCUT2D eigenvalue weighted by Gasteiger charge is -2.18. The van der Waals surface area contributed by atoms with Crippen LogP contribution in [0.1, 0.15) is 18.1 Å². The first-order valence-electron chi connectivity index (χ1n) is 5.77. The second-order valence-electron chi connectivity index (χ2n) is 4.16. The van der Waals surface area contributed by atoms with Crippen molar-refractivity contribution in [2.24, 2.45) is 5.73 Å². The van der Waals surface area contributed by atoms with Gasteiger partial charge in [0, 0.05) is 0 Å². The number of aromatic amines is 1. The van der Waals surface area contributed by atoms with Crippen molar-refractivity contribution >= 4 is 10.9 Å². The van der Waals surface area contributed by atoms with Crippen LogP contribution in [-0.4, -0.2) is 27.8 Å². The summed E-state index contributed by atoms with van der Waals surface area (Å²) in [6.07, 6.45) is -2.19. The van der Waals surface area contributed by atoms with E-state index in [0.717, 1.165) is 0 Å². The van der Waals surface area contributed by atoms with Crippen LogP contribution in [0.2, 0.25) is 0 Å². The first-order chi connectivity index (χ1) is 9.04. The van der Waals surface area contributed by atoms with E-state index >= 15 is 0 Å². The molecular weight excluding hydrogens is 252 g/mol. The Morgan fingerprint density at radius 2 is 2.05 bits per heavy atom. The summed E-state index contributed by atoms with van der Waals surface area (Å²) in [7, 11) is 0. The number of aliphatic hydroxyl groups excluding tert-OH is 2. The van der Waals surface area contributed by atoms with Gasteiger partial charge in [0.2, 0.25) is 0 Å². The van der Waals surface area contributed by atoms with Crippen molar-refractivity contribution in [3.63, 3.8) is 0 Å². The molecule has 102 valence electrons. The first kappa shape index (κ1) is 13.5. The SMILES string of the molecule is NCCC(O)C(O)c1cccc2[nH]c(=O)oc(=O)c12. The number of H-pyrrole nitrogens is 1.